The van der Waals surface area contributed by atoms with Crippen LogP contribution in [0.25, 0.3) is 0 Å². The van der Waals surface area contributed by atoms with Crippen molar-refractivity contribution in [1.29, 1.82) is 0 Å². The van der Waals surface area contributed by atoms with Gasteiger partial charge in [0.1, 0.15) is 6.10 Å². The zero-order valence-electron chi connectivity index (χ0n) is 20.3. The van der Waals surface area contributed by atoms with Gasteiger partial charge < -0.3 is 34.3 Å². The molecule has 9 heteroatoms. The minimum atomic E-state index is -1.13. The molecule has 0 spiro atoms. The number of esters is 1. The van der Waals surface area contributed by atoms with Crippen LogP contribution in [0.1, 0.15) is 43.3 Å². The van der Waals surface area contributed by atoms with Crippen molar-refractivity contribution in [2.45, 2.75) is 18.9 Å². The van der Waals surface area contributed by atoms with E-state index in [9.17, 15) is 24.9 Å². The number of rotatable bonds is 10. The summed E-state index contributed by atoms with van der Waals surface area (Å²) >= 11 is 0. The van der Waals surface area contributed by atoms with Crippen LogP contribution < -0.4 is 14.2 Å². The van der Waals surface area contributed by atoms with Crippen LogP contribution in [0.15, 0.2) is 54.6 Å². The molecule has 0 aliphatic rings. The monoisotopic (exact) mass is 496 g/mol. The van der Waals surface area contributed by atoms with Gasteiger partial charge in [-0.2, -0.15) is 0 Å². The van der Waals surface area contributed by atoms with Crippen LogP contribution in [-0.2, 0) is 4.74 Å². The standard InChI is InChI=1S/C27H28O9/c1-15-5-8-18(27(32)35-4)19(11-15)25(16-6-9-20(29)22(12-16)33-2)24(14-28)36-21-10-7-17(26(30)31)13-23(21)34-3/h5-13,24-25,28-29H,14H2,1-4H3,(H,30,31). The van der Waals surface area contributed by atoms with Gasteiger partial charge in [-0.15, -0.1) is 0 Å². The number of phenolic OH excluding ortho intramolecular Hbond substituents is 1. The Hall–Kier alpha value is -4.24. The van der Waals surface area contributed by atoms with Crippen LogP contribution >= 0.6 is 0 Å². The van der Waals surface area contributed by atoms with Gasteiger partial charge in [-0.3, -0.25) is 0 Å². The fraction of sp³-hybridized carbons (Fsp3) is 0.259. The van der Waals surface area contributed by atoms with Crippen molar-refractivity contribution in [1.82, 2.24) is 0 Å². The summed E-state index contributed by atoms with van der Waals surface area (Å²) in [6.45, 7) is 1.38. The predicted octanol–water partition coefficient (Wildman–Crippen LogP) is 3.77. The molecule has 3 aromatic rings. The van der Waals surface area contributed by atoms with Gasteiger partial charge in [0, 0.05) is 5.92 Å². The van der Waals surface area contributed by atoms with E-state index in [-0.39, 0.29) is 34.1 Å². The number of carboxylic acid groups (broad SMARTS) is 1. The number of hydrogen-bond acceptors (Lipinski definition) is 8. The van der Waals surface area contributed by atoms with Crippen LogP contribution in [-0.4, -0.2) is 61.3 Å². The third kappa shape index (κ3) is 5.52. The van der Waals surface area contributed by atoms with Gasteiger partial charge >= 0.3 is 11.9 Å². The van der Waals surface area contributed by atoms with Gasteiger partial charge in [0.25, 0.3) is 0 Å². The Morgan fingerprint density at radius 1 is 0.889 bits per heavy atom. The van der Waals surface area contributed by atoms with E-state index in [1.54, 1.807) is 30.3 Å². The molecular weight excluding hydrogens is 468 g/mol. The number of carbonyl (C=O) groups is 2. The molecule has 0 fully saturated rings. The van der Waals surface area contributed by atoms with Gasteiger partial charge in [0.05, 0.1) is 39.1 Å². The number of benzene rings is 3. The molecule has 0 aliphatic heterocycles. The molecule has 2 unspecified atom stereocenters. The SMILES string of the molecule is COC(=O)c1ccc(C)cc1C(c1ccc(O)c(OC)c1)C(CO)Oc1ccc(C(=O)O)cc1OC. The summed E-state index contributed by atoms with van der Waals surface area (Å²) in [5, 5.41) is 29.9. The molecule has 190 valence electrons. The summed E-state index contributed by atoms with van der Waals surface area (Å²) in [6.07, 6.45) is -0.964. The lowest BCUT2D eigenvalue weighted by Gasteiger charge is -2.29. The number of aliphatic hydroxyl groups excluding tert-OH is 1. The van der Waals surface area contributed by atoms with Crippen molar-refractivity contribution in [3.05, 3.63) is 82.4 Å². The Bertz CT molecular complexity index is 1250. The minimum absolute atomic E-state index is 0.00577. The highest BCUT2D eigenvalue weighted by atomic mass is 16.5. The number of ether oxygens (including phenoxy) is 4. The van der Waals surface area contributed by atoms with Crippen LogP contribution in [0.5, 0.6) is 23.0 Å². The number of aromatic carboxylic acids is 1. The molecule has 9 nitrogen and oxygen atoms in total. The van der Waals surface area contributed by atoms with Crippen molar-refractivity contribution in [2.24, 2.45) is 0 Å². The Morgan fingerprint density at radius 2 is 1.61 bits per heavy atom. The second kappa shape index (κ2) is 11.5. The first-order valence-corrected chi connectivity index (χ1v) is 11.0. The lowest BCUT2D eigenvalue weighted by Crippen LogP contribution is -2.31. The molecule has 0 amide bonds. The number of aliphatic hydroxyl groups is 1. The number of carboxylic acids is 1. The summed E-state index contributed by atoms with van der Waals surface area (Å²) in [5.74, 6) is -1.95. The summed E-state index contributed by atoms with van der Waals surface area (Å²) in [4.78, 5) is 24.0. The fourth-order valence-corrected chi connectivity index (χ4v) is 3.99. The van der Waals surface area contributed by atoms with E-state index in [1.807, 2.05) is 6.92 Å². The van der Waals surface area contributed by atoms with Gasteiger partial charge in [-0.05, 0) is 54.4 Å². The van der Waals surface area contributed by atoms with Crippen LogP contribution in [0.4, 0.5) is 0 Å². The summed E-state index contributed by atoms with van der Waals surface area (Å²) in [7, 11) is 4.06. The molecule has 0 saturated carbocycles. The van der Waals surface area contributed by atoms with E-state index in [0.717, 1.165) is 5.56 Å². The average molecular weight is 497 g/mol. The Kier molecular flexibility index (Phi) is 8.39. The van der Waals surface area contributed by atoms with Gasteiger partial charge in [0.2, 0.25) is 0 Å². The van der Waals surface area contributed by atoms with Crippen LogP contribution in [0.3, 0.4) is 0 Å². The summed E-state index contributed by atoms with van der Waals surface area (Å²) in [6, 6.07) is 14.0. The van der Waals surface area contributed by atoms with Crippen molar-refractivity contribution in [3.8, 4) is 23.0 Å². The highest BCUT2D eigenvalue weighted by molar-refractivity contribution is 5.91. The molecule has 0 aromatic heterocycles. The first-order chi connectivity index (χ1) is 17.2. The zero-order chi connectivity index (χ0) is 26.4. The number of aromatic hydroxyl groups is 1. The molecule has 3 aromatic carbocycles. The second-order valence-electron chi connectivity index (χ2n) is 8.00. The van der Waals surface area contributed by atoms with Crippen molar-refractivity contribution >= 4 is 11.9 Å². The highest BCUT2D eigenvalue weighted by Gasteiger charge is 2.32. The topological polar surface area (TPSA) is 132 Å². The molecule has 3 N–H and O–H groups in total. The normalized spacial score (nSPS) is 12.4. The largest absolute Gasteiger partial charge is 0.504 e. The van der Waals surface area contributed by atoms with E-state index < -0.39 is 30.6 Å². The molecule has 0 heterocycles. The van der Waals surface area contributed by atoms with E-state index in [2.05, 4.69) is 0 Å². The number of methoxy groups -OCH3 is 3. The predicted molar refractivity (Wildman–Crippen MR) is 130 cm³/mol. The van der Waals surface area contributed by atoms with Crippen molar-refractivity contribution < 1.29 is 43.9 Å². The lowest BCUT2D eigenvalue weighted by molar-refractivity contribution is 0.0594. The maximum atomic E-state index is 12.7. The Balaban J connectivity index is 2.21. The molecule has 36 heavy (non-hydrogen) atoms. The first kappa shape index (κ1) is 26.4. The van der Waals surface area contributed by atoms with E-state index in [0.29, 0.717) is 11.1 Å². The third-order valence-electron chi connectivity index (χ3n) is 5.75. The molecule has 0 saturated heterocycles. The molecular formula is C27H28O9. The van der Waals surface area contributed by atoms with E-state index >= 15 is 0 Å². The molecule has 2 atom stereocenters. The number of carbonyl (C=O) groups excluding carboxylic acids is 1. The summed E-state index contributed by atoms with van der Waals surface area (Å²) < 4.78 is 21.8. The molecule has 0 bridgehead atoms. The molecule has 3 rings (SSSR count). The Morgan fingerprint density at radius 3 is 2.22 bits per heavy atom. The third-order valence-corrected chi connectivity index (χ3v) is 5.75. The minimum Gasteiger partial charge on any atom is -0.504 e. The smallest absolute Gasteiger partial charge is 0.338 e. The van der Waals surface area contributed by atoms with Crippen LogP contribution in [0, 0.1) is 6.92 Å². The van der Waals surface area contributed by atoms with Crippen molar-refractivity contribution in [3.63, 3.8) is 0 Å². The van der Waals surface area contributed by atoms with E-state index in [4.69, 9.17) is 18.9 Å². The van der Waals surface area contributed by atoms with Crippen LogP contribution in [0.2, 0.25) is 0 Å². The fourth-order valence-electron chi connectivity index (χ4n) is 3.99. The quantitative estimate of drug-likeness (QED) is 0.359. The van der Waals surface area contributed by atoms with Gasteiger partial charge in [-0.25, -0.2) is 9.59 Å². The van der Waals surface area contributed by atoms with Crippen molar-refractivity contribution in [2.75, 3.05) is 27.9 Å². The average Bonchev–Trinajstić information content (AvgIpc) is 2.88. The maximum Gasteiger partial charge on any atom is 0.338 e. The second-order valence-corrected chi connectivity index (χ2v) is 8.00. The first-order valence-electron chi connectivity index (χ1n) is 11.0. The molecule has 0 radical (unpaired) electrons. The van der Waals surface area contributed by atoms with E-state index in [1.165, 1.54) is 45.6 Å². The number of aryl methyl sites for hydroxylation is 1. The van der Waals surface area contributed by atoms with Gasteiger partial charge in [0.15, 0.2) is 23.0 Å². The number of hydrogen-bond donors (Lipinski definition) is 3. The highest BCUT2D eigenvalue weighted by Crippen LogP contribution is 2.39. The zero-order valence-corrected chi connectivity index (χ0v) is 20.3. The lowest BCUT2D eigenvalue weighted by atomic mass is 9.83. The maximum absolute atomic E-state index is 12.7. The summed E-state index contributed by atoms with van der Waals surface area (Å²) in [5.41, 5.74) is 2.24. The molecule has 0 aliphatic carbocycles. The number of phenols is 1. The van der Waals surface area contributed by atoms with Gasteiger partial charge in [-0.1, -0.05) is 23.8 Å². The Labute approximate surface area is 208 Å².